The summed E-state index contributed by atoms with van der Waals surface area (Å²) in [6.45, 7) is 6.20. The molecule has 1 aromatic rings. The van der Waals surface area contributed by atoms with Crippen LogP contribution in [0.25, 0.3) is 0 Å². The number of carbonyl (C=O) groups excluding carboxylic acids is 1. The molecule has 132 valence electrons. The van der Waals surface area contributed by atoms with Gasteiger partial charge in [0, 0.05) is 39.0 Å². The minimum absolute atomic E-state index is 0.375. The molecule has 3 aliphatic rings. The molecule has 3 atom stereocenters. The molecule has 6 nitrogen and oxygen atoms in total. The van der Waals surface area contributed by atoms with E-state index in [2.05, 4.69) is 19.9 Å². The molecule has 2 bridgehead atoms. The van der Waals surface area contributed by atoms with Crippen molar-refractivity contribution < 1.29 is 9.32 Å². The van der Waals surface area contributed by atoms with E-state index in [0.717, 1.165) is 63.2 Å². The maximum Gasteiger partial charge on any atom is 0.226 e. The van der Waals surface area contributed by atoms with Gasteiger partial charge in [-0.15, -0.1) is 0 Å². The quantitative estimate of drug-likeness (QED) is 0.826. The molecule has 2 saturated carbocycles. The Balaban J connectivity index is 1.23. The maximum absolute atomic E-state index is 12.6. The Labute approximate surface area is 143 Å². The summed E-state index contributed by atoms with van der Waals surface area (Å²) in [4.78, 5) is 21.3. The summed E-state index contributed by atoms with van der Waals surface area (Å²) in [5.74, 6) is 4.26. The molecule has 24 heavy (non-hydrogen) atoms. The van der Waals surface area contributed by atoms with Crippen molar-refractivity contribution >= 4 is 5.91 Å². The molecule has 2 heterocycles. The van der Waals surface area contributed by atoms with Crippen molar-refractivity contribution in [2.45, 2.75) is 52.0 Å². The van der Waals surface area contributed by atoms with Crippen molar-refractivity contribution in [3.8, 4) is 0 Å². The Bertz CT molecular complexity index is 579. The molecule has 1 amide bonds. The Morgan fingerprint density at radius 1 is 1.21 bits per heavy atom. The van der Waals surface area contributed by atoms with Gasteiger partial charge in [-0.05, 0) is 37.0 Å². The standard InChI is InChI=1S/C18H28N4O2/c1-2-17-19-16(20-24-17)12-21-5-7-22(8-6-21)18(23)11-15-10-13-3-4-14(15)9-13/h13-15H,2-12H2,1H3/t13-,14-,15+/m0/s1. The van der Waals surface area contributed by atoms with Crippen LogP contribution in [0.4, 0.5) is 0 Å². The fourth-order valence-electron chi connectivity index (χ4n) is 4.83. The average Bonchev–Trinajstić information content (AvgIpc) is 3.32. The molecule has 1 aliphatic heterocycles. The highest BCUT2D eigenvalue weighted by atomic mass is 16.5. The minimum Gasteiger partial charge on any atom is -0.340 e. The summed E-state index contributed by atoms with van der Waals surface area (Å²) >= 11 is 0. The normalized spacial score (nSPS) is 30.2. The van der Waals surface area contributed by atoms with E-state index in [9.17, 15) is 4.79 Å². The fourth-order valence-corrected chi connectivity index (χ4v) is 4.83. The monoisotopic (exact) mass is 332 g/mol. The molecule has 0 radical (unpaired) electrons. The van der Waals surface area contributed by atoms with Crippen molar-refractivity contribution in [1.82, 2.24) is 19.9 Å². The van der Waals surface area contributed by atoms with Crippen LogP contribution in [0.3, 0.4) is 0 Å². The zero-order chi connectivity index (χ0) is 16.5. The first-order valence-corrected chi connectivity index (χ1v) is 9.53. The lowest BCUT2D eigenvalue weighted by Crippen LogP contribution is -2.48. The van der Waals surface area contributed by atoms with Gasteiger partial charge >= 0.3 is 0 Å². The highest BCUT2D eigenvalue weighted by Crippen LogP contribution is 2.49. The van der Waals surface area contributed by atoms with Gasteiger partial charge in [0.2, 0.25) is 11.8 Å². The molecule has 3 fully saturated rings. The molecule has 2 aliphatic carbocycles. The van der Waals surface area contributed by atoms with Gasteiger partial charge < -0.3 is 9.42 Å². The summed E-state index contributed by atoms with van der Waals surface area (Å²) in [5.41, 5.74) is 0. The van der Waals surface area contributed by atoms with Crippen molar-refractivity contribution in [2.75, 3.05) is 26.2 Å². The molecular weight excluding hydrogens is 304 g/mol. The second kappa shape index (κ2) is 6.82. The molecule has 0 aromatic carbocycles. The Morgan fingerprint density at radius 3 is 2.67 bits per heavy atom. The third-order valence-corrected chi connectivity index (χ3v) is 6.22. The number of piperazine rings is 1. The SMILES string of the molecule is CCc1nc(CN2CCN(C(=O)C[C@H]3C[C@H]4CC[C@H]3C4)CC2)no1. The number of aromatic nitrogens is 2. The van der Waals surface area contributed by atoms with Crippen molar-refractivity contribution in [3.05, 3.63) is 11.7 Å². The zero-order valence-electron chi connectivity index (χ0n) is 14.6. The number of carbonyl (C=O) groups is 1. The van der Waals surface area contributed by atoms with E-state index in [0.29, 0.717) is 17.7 Å². The summed E-state index contributed by atoms with van der Waals surface area (Å²) in [6, 6.07) is 0. The lowest BCUT2D eigenvalue weighted by molar-refractivity contribution is -0.134. The summed E-state index contributed by atoms with van der Waals surface area (Å²) in [7, 11) is 0. The molecule has 0 unspecified atom stereocenters. The van der Waals surface area contributed by atoms with Crippen LogP contribution in [0, 0.1) is 17.8 Å². The number of nitrogens with zero attached hydrogens (tertiary/aromatic N) is 4. The number of hydrogen-bond donors (Lipinski definition) is 0. The number of fused-ring (bicyclic) bond motifs is 2. The Morgan fingerprint density at radius 2 is 2.04 bits per heavy atom. The van der Waals surface area contributed by atoms with E-state index >= 15 is 0 Å². The van der Waals surface area contributed by atoms with E-state index in [1.54, 1.807) is 0 Å². The predicted octanol–water partition coefficient (Wildman–Crippen LogP) is 2.10. The molecule has 6 heteroatoms. The first kappa shape index (κ1) is 16.1. The van der Waals surface area contributed by atoms with Crippen molar-refractivity contribution in [2.24, 2.45) is 17.8 Å². The fraction of sp³-hybridized carbons (Fsp3) is 0.833. The molecule has 0 spiro atoms. The molecule has 4 rings (SSSR count). The third-order valence-electron chi connectivity index (χ3n) is 6.22. The van der Waals surface area contributed by atoms with Gasteiger partial charge in [-0.2, -0.15) is 4.98 Å². The number of hydrogen-bond acceptors (Lipinski definition) is 5. The smallest absolute Gasteiger partial charge is 0.226 e. The van der Waals surface area contributed by atoms with E-state index in [-0.39, 0.29) is 0 Å². The van der Waals surface area contributed by atoms with Crippen LogP contribution >= 0.6 is 0 Å². The van der Waals surface area contributed by atoms with Gasteiger partial charge in [0.25, 0.3) is 0 Å². The van der Waals surface area contributed by atoms with Gasteiger partial charge in [0.15, 0.2) is 5.82 Å². The Kier molecular flexibility index (Phi) is 4.57. The summed E-state index contributed by atoms with van der Waals surface area (Å²) in [6.07, 6.45) is 7.01. The van der Waals surface area contributed by atoms with E-state index < -0.39 is 0 Å². The van der Waals surface area contributed by atoms with Gasteiger partial charge in [-0.25, -0.2) is 0 Å². The number of rotatable bonds is 5. The minimum atomic E-state index is 0.375. The second-order valence-corrected chi connectivity index (χ2v) is 7.75. The number of amides is 1. The second-order valence-electron chi connectivity index (χ2n) is 7.75. The van der Waals surface area contributed by atoms with Crippen molar-refractivity contribution in [3.63, 3.8) is 0 Å². The van der Waals surface area contributed by atoms with Crippen LogP contribution in [0.1, 0.15) is 50.7 Å². The van der Waals surface area contributed by atoms with Crippen LogP contribution in [0.5, 0.6) is 0 Å². The maximum atomic E-state index is 12.6. The zero-order valence-corrected chi connectivity index (χ0v) is 14.6. The lowest BCUT2D eigenvalue weighted by Gasteiger charge is -2.35. The topological polar surface area (TPSA) is 62.5 Å². The predicted molar refractivity (Wildman–Crippen MR) is 89.1 cm³/mol. The van der Waals surface area contributed by atoms with Crippen LogP contribution in [-0.2, 0) is 17.8 Å². The van der Waals surface area contributed by atoms with Gasteiger partial charge in [-0.3, -0.25) is 9.69 Å². The number of aryl methyl sites for hydroxylation is 1. The first-order valence-electron chi connectivity index (χ1n) is 9.53. The third kappa shape index (κ3) is 3.34. The van der Waals surface area contributed by atoms with Crippen LogP contribution in [0.15, 0.2) is 4.52 Å². The van der Waals surface area contributed by atoms with Crippen molar-refractivity contribution in [1.29, 1.82) is 0 Å². The highest BCUT2D eigenvalue weighted by Gasteiger charge is 2.40. The molecular formula is C18H28N4O2. The summed E-state index contributed by atoms with van der Waals surface area (Å²) < 4.78 is 5.16. The highest BCUT2D eigenvalue weighted by molar-refractivity contribution is 5.76. The van der Waals surface area contributed by atoms with E-state index in [4.69, 9.17) is 4.52 Å². The Hall–Kier alpha value is -1.43. The average molecular weight is 332 g/mol. The van der Waals surface area contributed by atoms with Gasteiger partial charge in [0.1, 0.15) is 0 Å². The largest absolute Gasteiger partial charge is 0.340 e. The van der Waals surface area contributed by atoms with Crippen LogP contribution in [0.2, 0.25) is 0 Å². The van der Waals surface area contributed by atoms with Gasteiger partial charge in [-0.1, -0.05) is 18.5 Å². The van der Waals surface area contributed by atoms with Gasteiger partial charge in [0.05, 0.1) is 6.54 Å². The van der Waals surface area contributed by atoms with E-state index in [1.165, 1.54) is 25.7 Å². The first-order chi connectivity index (χ1) is 11.7. The van der Waals surface area contributed by atoms with Crippen LogP contribution in [-0.4, -0.2) is 52.0 Å². The molecule has 1 saturated heterocycles. The lowest BCUT2D eigenvalue weighted by atomic mass is 9.86. The molecule has 1 aromatic heterocycles. The van der Waals surface area contributed by atoms with Crippen LogP contribution < -0.4 is 0 Å². The summed E-state index contributed by atoms with van der Waals surface area (Å²) in [5, 5.41) is 4.02. The van der Waals surface area contributed by atoms with E-state index in [1.807, 2.05) is 6.92 Å². The molecule has 0 N–H and O–H groups in total.